The average Bonchev–Trinajstić information content (AvgIpc) is 2.47. The van der Waals surface area contributed by atoms with Gasteiger partial charge in [-0.05, 0) is 35.4 Å². The fourth-order valence-corrected chi connectivity index (χ4v) is 3.62. The van der Waals surface area contributed by atoms with Crippen molar-refractivity contribution in [1.29, 1.82) is 0 Å². The van der Waals surface area contributed by atoms with Gasteiger partial charge in [0.25, 0.3) is 10.1 Å². The molecule has 0 bridgehead atoms. The van der Waals surface area contributed by atoms with Crippen molar-refractivity contribution in [3.05, 3.63) is 68.6 Å². The van der Waals surface area contributed by atoms with E-state index >= 15 is 0 Å². The Kier molecular flexibility index (Phi) is 6.02. The Morgan fingerprint density at radius 1 is 1.04 bits per heavy atom. The minimum Gasteiger partial charge on any atom is -0.329 e. The molecule has 0 aliphatic carbocycles. The highest BCUT2D eigenvalue weighted by Crippen LogP contribution is 2.35. The maximum absolute atomic E-state index is 11.5. The first kappa shape index (κ1) is 18.6. The van der Waals surface area contributed by atoms with Gasteiger partial charge in [-0.25, -0.2) is 0 Å². The summed E-state index contributed by atoms with van der Waals surface area (Å²) < 4.78 is 29.9. The quantitative estimate of drug-likeness (QED) is 0.667. The van der Waals surface area contributed by atoms with E-state index in [4.69, 9.17) is 9.92 Å². The Balaban J connectivity index is 2.61. The highest BCUT2D eigenvalue weighted by molar-refractivity contribution is 9.10. The number of rotatable bonds is 6. The molecular weight excluding hydrogens is 446 g/mol. The molecule has 0 unspecified atom stereocenters. The Labute approximate surface area is 153 Å². The van der Waals surface area contributed by atoms with E-state index in [1.807, 2.05) is 48.5 Å². The van der Waals surface area contributed by atoms with Crippen molar-refractivity contribution in [2.75, 3.05) is 19.4 Å². The fraction of sp³-hybridized carbons (Fsp3) is 0.250. The lowest BCUT2D eigenvalue weighted by atomic mass is 9.75. The largest absolute Gasteiger partial charge is 0.329 e. The maximum Gasteiger partial charge on any atom is 0.264 e. The van der Waals surface area contributed by atoms with Crippen LogP contribution in [0, 0.1) is 0 Å². The number of hydrogen-bond acceptors (Lipinski definition) is 4. The molecule has 0 saturated carbocycles. The van der Waals surface area contributed by atoms with Crippen LogP contribution in [0.1, 0.15) is 11.1 Å². The molecular formula is C16H17Br2NO3S. The molecule has 0 aliphatic rings. The van der Waals surface area contributed by atoms with Gasteiger partial charge in [-0.2, -0.15) is 8.42 Å². The molecule has 0 heterocycles. The molecule has 0 amide bonds. The van der Waals surface area contributed by atoms with Gasteiger partial charge in [-0.1, -0.05) is 56.1 Å². The molecule has 4 nitrogen and oxygen atoms in total. The average molecular weight is 463 g/mol. The predicted octanol–water partition coefficient (Wildman–Crippen LogP) is 3.43. The Morgan fingerprint density at radius 2 is 1.52 bits per heavy atom. The van der Waals surface area contributed by atoms with Crippen LogP contribution in [0.5, 0.6) is 0 Å². The lowest BCUT2D eigenvalue weighted by molar-refractivity contribution is 0.253. The van der Waals surface area contributed by atoms with Crippen molar-refractivity contribution in [2.24, 2.45) is 5.73 Å². The molecule has 0 atom stereocenters. The van der Waals surface area contributed by atoms with Crippen LogP contribution in [0.2, 0.25) is 0 Å². The van der Waals surface area contributed by atoms with Gasteiger partial charge in [0.15, 0.2) is 0 Å². The summed E-state index contributed by atoms with van der Waals surface area (Å²) in [7, 11) is -3.58. The number of benzene rings is 2. The van der Waals surface area contributed by atoms with E-state index in [0.29, 0.717) is 0 Å². The first-order valence-corrected chi connectivity index (χ1v) is 10.2. The van der Waals surface area contributed by atoms with Gasteiger partial charge in [0, 0.05) is 15.5 Å². The molecule has 7 heteroatoms. The van der Waals surface area contributed by atoms with Crippen LogP contribution in [0.4, 0.5) is 0 Å². The Hall–Kier alpha value is -0.730. The molecule has 0 aromatic heterocycles. The van der Waals surface area contributed by atoms with Gasteiger partial charge < -0.3 is 5.73 Å². The SMILES string of the molecule is CS(=O)(=O)OCC(CN)(c1cccc(Br)c1)c1cccc(Br)c1. The van der Waals surface area contributed by atoms with E-state index in [1.165, 1.54) is 0 Å². The summed E-state index contributed by atoms with van der Waals surface area (Å²) in [4.78, 5) is 0. The van der Waals surface area contributed by atoms with Crippen LogP contribution in [0.25, 0.3) is 0 Å². The molecule has 23 heavy (non-hydrogen) atoms. The second-order valence-electron chi connectivity index (χ2n) is 5.27. The van der Waals surface area contributed by atoms with Crippen LogP contribution in [0.3, 0.4) is 0 Å². The third kappa shape index (κ3) is 4.64. The van der Waals surface area contributed by atoms with Gasteiger partial charge in [0.05, 0.1) is 18.3 Å². The van der Waals surface area contributed by atoms with Crippen molar-refractivity contribution in [2.45, 2.75) is 5.41 Å². The highest BCUT2D eigenvalue weighted by Gasteiger charge is 2.35. The molecule has 2 rings (SSSR count). The Bertz CT molecular complexity index is 748. The molecule has 0 fully saturated rings. The highest BCUT2D eigenvalue weighted by atomic mass is 79.9. The summed E-state index contributed by atoms with van der Waals surface area (Å²) >= 11 is 6.90. The minimum absolute atomic E-state index is 0.0603. The van der Waals surface area contributed by atoms with E-state index in [2.05, 4.69) is 31.9 Å². The maximum atomic E-state index is 11.5. The topological polar surface area (TPSA) is 69.4 Å². The molecule has 0 radical (unpaired) electrons. The van der Waals surface area contributed by atoms with Crippen molar-refractivity contribution >= 4 is 42.0 Å². The first-order chi connectivity index (χ1) is 10.8. The van der Waals surface area contributed by atoms with Gasteiger partial charge >= 0.3 is 0 Å². The van der Waals surface area contributed by atoms with Crippen LogP contribution in [-0.4, -0.2) is 27.8 Å². The fourth-order valence-electron chi connectivity index (χ4n) is 2.41. The lowest BCUT2D eigenvalue weighted by Gasteiger charge is -2.33. The zero-order chi connectivity index (χ0) is 17.1. The summed E-state index contributed by atoms with van der Waals surface area (Å²) in [6, 6.07) is 15.3. The van der Waals surface area contributed by atoms with Crippen LogP contribution >= 0.6 is 31.9 Å². The van der Waals surface area contributed by atoms with Crippen LogP contribution in [0.15, 0.2) is 57.5 Å². The monoisotopic (exact) mass is 461 g/mol. The molecule has 0 spiro atoms. The van der Waals surface area contributed by atoms with E-state index in [1.54, 1.807) is 0 Å². The molecule has 2 N–H and O–H groups in total. The number of halogens is 2. The van der Waals surface area contributed by atoms with Crippen molar-refractivity contribution in [3.8, 4) is 0 Å². The first-order valence-electron chi connectivity index (χ1n) is 6.83. The molecule has 0 aliphatic heterocycles. The van der Waals surface area contributed by atoms with Crippen molar-refractivity contribution in [1.82, 2.24) is 0 Å². The van der Waals surface area contributed by atoms with E-state index in [0.717, 1.165) is 26.3 Å². The van der Waals surface area contributed by atoms with Gasteiger partial charge in [0.1, 0.15) is 0 Å². The third-order valence-electron chi connectivity index (χ3n) is 3.62. The smallest absolute Gasteiger partial charge is 0.264 e. The van der Waals surface area contributed by atoms with E-state index in [-0.39, 0.29) is 13.2 Å². The summed E-state index contributed by atoms with van der Waals surface area (Å²) in [5.74, 6) is 0. The second kappa shape index (κ2) is 7.44. The molecule has 2 aromatic rings. The summed E-state index contributed by atoms with van der Waals surface area (Å²) in [5, 5.41) is 0. The molecule has 124 valence electrons. The molecule has 0 saturated heterocycles. The summed E-state index contributed by atoms with van der Waals surface area (Å²) in [6.07, 6.45) is 1.04. The van der Waals surface area contributed by atoms with E-state index < -0.39 is 15.5 Å². The van der Waals surface area contributed by atoms with Gasteiger partial charge in [-0.15, -0.1) is 0 Å². The second-order valence-corrected chi connectivity index (χ2v) is 8.75. The predicted molar refractivity (Wildman–Crippen MR) is 98.9 cm³/mol. The lowest BCUT2D eigenvalue weighted by Crippen LogP contribution is -2.41. The minimum atomic E-state index is -3.58. The molecule has 2 aromatic carbocycles. The Morgan fingerprint density at radius 3 is 1.87 bits per heavy atom. The zero-order valence-electron chi connectivity index (χ0n) is 12.5. The zero-order valence-corrected chi connectivity index (χ0v) is 16.5. The standard InChI is InChI=1S/C16H17Br2NO3S/c1-23(20,21)22-11-16(10-19,12-4-2-6-14(17)8-12)13-5-3-7-15(18)9-13/h2-9H,10-11,19H2,1H3. The van der Waals surface area contributed by atoms with Crippen LogP contribution in [-0.2, 0) is 19.7 Å². The van der Waals surface area contributed by atoms with Crippen molar-refractivity contribution in [3.63, 3.8) is 0 Å². The van der Waals surface area contributed by atoms with Gasteiger partial charge in [-0.3, -0.25) is 4.18 Å². The van der Waals surface area contributed by atoms with E-state index in [9.17, 15) is 8.42 Å². The summed E-state index contributed by atoms with van der Waals surface area (Å²) in [6.45, 7) is 0.144. The van der Waals surface area contributed by atoms with Crippen LogP contribution < -0.4 is 5.73 Å². The van der Waals surface area contributed by atoms with Gasteiger partial charge in [0.2, 0.25) is 0 Å². The normalized spacial score (nSPS) is 12.3. The number of hydrogen-bond donors (Lipinski definition) is 1. The summed E-state index contributed by atoms with van der Waals surface area (Å²) in [5.41, 5.74) is 7.10. The van der Waals surface area contributed by atoms with Crippen molar-refractivity contribution < 1.29 is 12.6 Å². The number of nitrogens with two attached hydrogens (primary N) is 1. The third-order valence-corrected chi connectivity index (χ3v) is 5.15.